The molecule has 5 nitrogen and oxygen atoms in total. The van der Waals surface area contributed by atoms with Crippen LogP contribution in [0.1, 0.15) is 43.9 Å². The summed E-state index contributed by atoms with van der Waals surface area (Å²) in [5.74, 6) is 0.178. The van der Waals surface area contributed by atoms with Gasteiger partial charge < -0.3 is 15.0 Å². The molecule has 2 amide bonds. The zero-order chi connectivity index (χ0) is 22.3. The fraction of sp³-hybridized carbons (Fsp3) is 0.417. The summed E-state index contributed by atoms with van der Waals surface area (Å²) in [6, 6.07) is 12.4. The Balaban J connectivity index is 2.16. The van der Waals surface area contributed by atoms with Gasteiger partial charge in [0.25, 0.3) is 5.91 Å². The molecule has 6 heteroatoms. The fourth-order valence-corrected chi connectivity index (χ4v) is 3.12. The zero-order valence-corrected chi connectivity index (χ0v) is 19.1. The molecule has 0 saturated carbocycles. The van der Waals surface area contributed by atoms with Crippen molar-refractivity contribution in [3.8, 4) is 5.75 Å². The Hall–Kier alpha value is -2.53. The molecule has 2 aromatic rings. The van der Waals surface area contributed by atoms with Gasteiger partial charge in [0.1, 0.15) is 11.8 Å². The molecule has 0 fully saturated rings. The Morgan fingerprint density at radius 2 is 1.83 bits per heavy atom. The van der Waals surface area contributed by atoms with Crippen molar-refractivity contribution >= 4 is 23.4 Å². The topological polar surface area (TPSA) is 58.6 Å². The van der Waals surface area contributed by atoms with E-state index in [1.165, 1.54) is 4.90 Å². The van der Waals surface area contributed by atoms with Gasteiger partial charge in [-0.2, -0.15) is 0 Å². The number of rotatable bonds is 9. The van der Waals surface area contributed by atoms with Crippen LogP contribution in [0.25, 0.3) is 0 Å². The normalized spacial score (nSPS) is 12.7. The van der Waals surface area contributed by atoms with Crippen molar-refractivity contribution < 1.29 is 14.3 Å². The molecule has 0 saturated heterocycles. The summed E-state index contributed by atoms with van der Waals surface area (Å²) in [6.07, 6.45) is 0.816. The molecule has 0 aliphatic heterocycles. The van der Waals surface area contributed by atoms with Crippen molar-refractivity contribution in [2.45, 2.75) is 59.7 Å². The third kappa shape index (κ3) is 6.77. The Bertz CT molecular complexity index is 885. The molecule has 1 N–H and O–H groups in total. The maximum atomic E-state index is 13.0. The minimum absolute atomic E-state index is 0.0369. The van der Waals surface area contributed by atoms with E-state index >= 15 is 0 Å². The van der Waals surface area contributed by atoms with Crippen LogP contribution < -0.4 is 10.1 Å². The molecule has 0 spiro atoms. The second-order valence-corrected chi connectivity index (χ2v) is 8.12. The van der Waals surface area contributed by atoms with Gasteiger partial charge in [-0.15, -0.1) is 0 Å². The fourth-order valence-electron chi connectivity index (χ4n) is 2.91. The molecule has 0 heterocycles. The highest BCUT2D eigenvalue weighted by atomic mass is 35.5. The number of hydrogen-bond donors (Lipinski definition) is 1. The Morgan fingerprint density at radius 1 is 1.10 bits per heavy atom. The van der Waals surface area contributed by atoms with Crippen LogP contribution >= 0.6 is 11.6 Å². The van der Waals surface area contributed by atoms with E-state index in [9.17, 15) is 9.59 Å². The lowest BCUT2D eigenvalue weighted by Gasteiger charge is -2.29. The van der Waals surface area contributed by atoms with E-state index in [4.69, 9.17) is 16.3 Å². The lowest BCUT2D eigenvalue weighted by atomic mass is 10.1. The lowest BCUT2D eigenvalue weighted by molar-refractivity contribution is -0.142. The van der Waals surface area contributed by atoms with Crippen LogP contribution in [0, 0.1) is 13.8 Å². The van der Waals surface area contributed by atoms with Gasteiger partial charge in [0.05, 0.1) is 0 Å². The van der Waals surface area contributed by atoms with Crippen molar-refractivity contribution in [1.29, 1.82) is 0 Å². The van der Waals surface area contributed by atoms with Gasteiger partial charge >= 0.3 is 0 Å². The Morgan fingerprint density at radius 3 is 2.47 bits per heavy atom. The third-order valence-electron chi connectivity index (χ3n) is 5.25. The predicted octanol–water partition coefficient (Wildman–Crippen LogP) is 4.67. The second-order valence-electron chi connectivity index (χ2n) is 7.68. The summed E-state index contributed by atoms with van der Waals surface area (Å²) in [7, 11) is 0. The average molecular weight is 431 g/mol. The number of halogens is 1. The van der Waals surface area contributed by atoms with Gasteiger partial charge in [-0.1, -0.05) is 36.7 Å². The van der Waals surface area contributed by atoms with Gasteiger partial charge in [-0.05, 0) is 75.1 Å². The molecule has 0 aliphatic rings. The Labute approximate surface area is 184 Å². The van der Waals surface area contributed by atoms with E-state index < -0.39 is 6.04 Å². The van der Waals surface area contributed by atoms with E-state index in [1.54, 1.807) is 19.1 Å². The quantitative estimate of drug-likeness (QED) is 0.629. The van der Waals surface area contributed by atoms with Gasteiger partial charge in [0.15, 0.2) is 6.61 Å². The number of carbonyl (C=O) groups excluding carboxylic acids is 2. The van der Waals surface area contributed by atoms with Crippen molar-refractivity contribution in [2.24, 2.45) is 0 Å². The monoisotopic (exact) mass is 430 g/mol. The summed E-state index contributed by atoms with van der Waals surface area (Å²) in [5.41, 5.74) is 3.11. The number of nitrogens with one attached hydrogen (secondary N) is 1. The van der Waals surface area contributed by atoms with Crippen LogP contribution in [0.5, 0.6) is 5.75 Å². The van der Waals surface area contributed by atoms with Crippen molar-refractivity contribution in [1.82, 2.24) is 10.2 Å². The number of carbonyl (C=O) groups is 2. The molecule has 2 rings (SSSR count). The zero-order valence-electron chi connectivity index (χ0n) is 18.4. The van der Waals surface area contributed by atoms with Crippen LogP contribution in [-0.4, -0.2) is 35.4 Å². The van der Waals surface area contributed by atoms with E-state index in [0.29, 0.717) is 10.8 Å². The van der Waals surface area contributed by atoms with Crippen LogP contribution in [0.4, 0.5) is 0 Å². The molecule has 0 bridgehead atoms. The molecular weight excluding hydrogens is 400 g/mol. The number of ether oxygens (including phenoxy) is 1. The van der Waals surface area contributed by atoms with Crippen LogP contribution in [0.15, 0.2) is 42.5 Å². The molecule has 0 aliphatic carbocycles. The summed E-state index contributed by atoms with van der Waals surface area (Å²) >= 11 is 6.10. The van der Waals surface area contributed by atoms with E-state index in [1.807, 2.05) is 58.0 Å². The lowest BCUT2D eigenvalue weighted by Crippen LogP contribution is -2.50. The van der Waals surface area contributed by atoms with E-state index in [0.717, 1.165) is 23.1 Å². The molecule has 0 unspecified atom stereocenters. The maximum absolute atomic E-state index is 13.0. The summed E-state index contributed by atoms with van der Waals surface area (Å²) in [5, 5.41) is 3.54. The summed E-state index contributed by atoms with van der Waals surface area (Å²) in [6.45, 7) is 9.81. The van der Waals surface area contributed by atoms with Gasteiger partial charge in [0.2, 0.25) is 5.91 Å². The molecule has 30 heavy (non-hydrogen) atoms. The molecule has 2 aromatic carbocycles. The molecule has 2 atom stereocenters. The number of hydrogen-bond acceptors (Lipinski definition) is 3. The smallest absolute Gasteiger partial charge is 0.261 e. The molecular formula is C24H31ClN2O3. The second kappa shape index (κ2) is 11.0. The average Bonchev–Trinajstić information content (AvgIpc) is 2.72. The highest BCUT2D eigenvalue weighted by molar-refractivity contribution is 6.30. The summed E-state index contributed by atoms with van der Waals surface area (Å²) < 4.78 is 5.73. The molecule has 162 valence electrons. The Kier molecular flexibility index (Phi) is 8.72. The third-order valence-corrected chi connectivity index (χ3v) is 5.49. The first-order valence-corrected chi connectivity index (χ1v) is 10.6. The number of benzene rings is 2. The first-order chi connectivity index (χ1) is 14.2. The number of nitrogens with zero attached hydrogens (tertiary/aromatic N) is 1. The van der Waals surface area contributed by atoms with E-state index in [-0.39, 0.29) is 31.0 Å². The highest BCUT2D eigenvalue weighted by Gasteiger charge is 2.27. The number of amides is 2. The van der Waals surface area contributed by atoms with Crippen LogP contribution in [0.3, 0.4) is 0 Å². The minimum Gasteiger partial charge on any atom is -0.484 e. The van der Waals surface area contributed by atoms with E-state index in [2.05, 4.69) is 5.32 Å². The van der Waals surface area contributed by atoms with Gasteiger partial charge in [-0.25, -0.2) is 0 Å². The predicted molar refractivity (Wildman–Crippen MR) is 121 cm³/mol. The van der Waals surface area contributed by atoms with Crippen LogP contribution in [0.2, 0.25) is 5.02 Å². The summed E-state index contributed by atoms with van der Waals surface area (Å²) in [4.78, 5) is 27.3. The first kappa shape index (κ1) is 23.7. The number of aryl methyl sites for hydroxylation is 2. The van der Waals surface area contributed by atoms with Gasteiger partial charge in [0, 0.05) is 17.6 Å². The molecule has 0 aromatic heterocycles. The van der Waals surface area contributed by atoms with Crippen molar-refractivity contribution in [2.75, 3.05) is 6.61 Å². The largest absolute Gasteiger partial charge is 0.484 e. The maximum Gasteiger partial charge on any atom is 0.261 e. The first-order valence-electron chi connectivity index (χ1n) is 10.3. The van der Waals surface area contributed by atoms with Gasteiger partial charge in [-0.3, -0.25) is 9.59 Å². The minimum atomic E-state index is -0.645. The van der Waals surface area contributed by atoms with Crippen LogP contribution in [-0.2, 0) is 16.1 Å². The van der Waals surface area contributed by atoms with Crippen molar-refractivity contribution in [3.63, 3.8) is 0 Å². The molecule has 0 radical (unpaired) electrons. The van der Waals surface area contributed by atoms with Crippen molar-refractivity contribution in [3.05, 3.63) is 64.2 Å². The SMILES string of the molecule is CC[C@H](C)NC(=O)[C@H](C)N(Cc1cccc(Cl)c1)C(=O)COc1ccc(C)c(C)c1. The highest BCUT2D eigenvalue weighted by Crippen LogP contribution is 2.18. The standard InChI is InChI=1S/C24H31ClN2O3/c1-6-18(4)26-24(29)19(5)27(14-20-8-7-9-21(25)13-20)23(28)15-30-22-11-10-16(2)17(3)12-22/h7-13,18-19H,6,14-15H2,1-5H3,(H,26,29)/t18-,19-/m0/s1.